The topological polar surface area (TPSA) is 125 Å². The SMILES string of the molecule is CCCCCCCCCCCCCCOC(CC)OC(=O)CC(C(=O)OC(CC)OCCCCCCCCCCCCCC)S(=O)(=O)O. The minimum Gasteiger partial charge on any atom is -0.436 e. The molecule has 0 aromatic heterocycles. The normalized spacial score (nSPS) is 13.7. The van der Waals surface area contributed by atoms with Crippen molar-refractivity contribution in [3.63, 3.8) is 0 Å². The van der Waals surface area contributed by atoms with Crippen LogP contribution in [0.4, 0.5) is 0 Å². The number of unbranched alkanes of at least 4 members (excludes halogenated alkanes) is 22. The Morgan fingerprint density at radius 3 is 1.12 bits per heavy atom. The molecule has 286 valence electrons. The van der Waals surface area contributed by atoms with Gasteiger partial charge in [-0.25, -0.2) is 0 Å². The summed E-state index contributed by atoms with van der Waals surface area (Å²) in [5.74, 6) is -2.19. The summed E-state index contributed by atoms with van der Waals surface area (Å²) in [6.07, 6.45) is 27.3. The van der Waals surface area contributed by atoms with Crippen molar-refractivity contribution in [3.8, 4) is 0 Å². The molecule has 0 saturated carbocycles. The van der Waals surface area contributed by atoms with Crippen molar-refractivity contribution < 1.29 is 41.5 Å². The Bertz CT molecular complexity index is 849. The number of hydrogen-bond acceptors (Lipinski definition) is 8. The van der Waals surface area contributed by atoms with Crippen LogP contribution in [0.3, 0.4) is 0 Å². The maximum Gasteiger partial charge on any atom is 0.329 e. The standard InChI is InChI=1S/C38H74O9S/c1-5-9-11-13-15-17-19-21-23-25-27-29-31-44-36(7-3)46-35(39)33-34(48(41,42)43)38(40)47-37(8-4)45-32-30-28-26-24-22-20-18-16-14-12-10-6-2/h34,36-37H,5-33H2,1-4H3,(H,41,42,43). The number of rotatable bonds is 36. The highest BCUT2D eigenvalue weighted by Crippen LogP contribution is 2.16. The molecule has 0 aromatic carbocycles. The minimum absolute atomic E-state index is 0.303. The number of carbonyl (C=O) groups excluding carboxylic acids is 2. The first kappa shape index (κ1) is 46.8. The lowest BCUT2D eigenvalue weighted by Crippen LogP contribution is -2.38. The molecule has 0 aliphatic heterocycles. The third kappa shape index (κ3) is 28.6. The predicted molar refractivity (Wildman–Crippen MR) is 194 cm³/mol. The van der Waals surface area contributed by atoms with E-state index < -0.39 is 46.3 Å². The largest absolute Gasteiger partial charge is 0.436 e. The monoisotopic (exact) mass is 707 g/mol. The van der Waals surface area contributed by atoms with Gasteiger partial charge >= 0.3 is 11.9 Å². The third-order valence-corrected chi connectivity index (χ3v) is 9.83. The van der Waals surface area contributed by atoms with Gasteiger partial charge < -0.3 is 18.9 Å². The summed E-state index contributed by atoms with van der Waals surface area (Å²) in [5, 5.41) is -2.09. The van der Waals surface area contributed by atoms with Crippen LogP contribution in [-0.4, -0.2) is 56.0 Å². The maximum absolute atomic E-state index is 12.7. The van der Waals surface area contributed by atoms with Gasteiger partial charge in [0.25, 0.3) is 10.1 Å². The van der Waals surface area contributed by atoms with Gasteiger partial charge in [0.15, 0.2) is 5.25 Å². The van der Waals surface area contributed by atoms with Crippen molar-refractivity contribution in [2.45, 2.75) is 219 Å². The van der Waals surface area contributed by atoms with Crippen LogP contribution in [-0.2, 0) is 38.7 Å². The van der Waals surface area contributed by atoms with Crippen LogP contribution >= 0.6 is 0 Å². The van der Waals surface area contributed by atoms with Crippen molar-refractivity contribution in [3.05, 3.63) is 0 Å². The Hall–Kier alpha value is -1.23. The van der Waals surface area contributed by atoms with Crippen LogP contribution < -0.4 is 0 Å². The van der Waals surface area contributed by atoms with Gasteiger partial charge in [0.05, 0.1) is 19.6 Å². The number of carbonyl (C=O) groups is 2. The molecule has 0 rings (SSSR count). The van der Waals surface area contributed by atoms with Crippen LogP contribution in [0.5, 0.6) is 0 Å². The Balaban J connectivity index is 4.26. The van der Waals surface area contributed by atoms with Gasteiger partial charge in [0.2, 0.25) is 12.6 Å². The molecule has 0 saturated heterocycles. The van der Waals surface area contributed by atoms with Crippen LogP contribution in [0, 0.1) is 0 Å². The molecule has 0 amide bonds. The zero-order valence-electron chi connectivity index (χ0n) is 31.4. The molecule has 0 heterocycles. The lowest BCUT2D eigenvalue weighted by atomic mass is 10.1. The van der Waals surface area contributed by atoms with Crippen LogP contribution in [0.1, 0.15) is 201 Å². The smallest absolute Gasteiger partial charge is 0.329 e. The number of esters is 2. The summed E-state index contributed by atoms with van der Waals surface area (Å²) >= 11 is 0. The first-order valence-electron chi connectivity index (χ1n) is 19.8. The molecular weight excluding hydrogens is 632 g/mol. The molecule has 10 heteroatoms. The van der Waals surface area contributed by atoms with Gasteiger partial charge in [-0.1, -0.05) is 169 Å². The zero-order chi connectivity index (χ0) is 35.7. The molecular formula is C38H74O9S. The van der Waals surface area contributed by atoms with E-state index in [0.717, 1.165) is 38.5 Å². The van der Waals surface area contributed by atoms with Gasteiger partial charge in [-0.3, -0.25) is 14.1 Å². The van der Waals surface area contributed by atoms with E-state index in [1.165, 1.54) is 116 Å². The van der Waals surface area contributed by atoms with E-state index in [0.29, 0.717) is 26.1 Å². The summed E-state index contributed by atoms with van der Waals surface area (Å²) in [4.78, 5) is 25.3. The second-order valence-electron chi connectivity index (χ2n) is 13.3. The molecule has 0 radical (unpaired) electrons. The van der Waals surface area contributed by atoms with Crippen LogP contribution in [0.25, 0.3) is 0 Å². The fourth-order valence-corrected chi connectivity index (χ4v) is 6.29. The van der Waals surface area contributed by atoms with Crippen molar-refractivity contribution in [1.29, 1.82) is 0 Å². The Morgan fingerprint density at radius 2 is 0.812 bits per heavy atom. The second-order valence-corrected chi connectivity index (χ2v) is 14.9. The molecule has 0 bridgehead atoms. The van der Waals surface area contributed by atoms with Gasteiger partial charge in [-0.2, -0.15) is 8.42 Å². The summed E-state index contributed by atoms with van der Waals surface area (Å²) in [7, 11) is -4.92. The van der Waals surface area contributed by atoms with E-state index in [1.54, 1.807) is 13.8 Å². The predicted octanol–water partition coefficient (Wildman–Crippen LogP) is 10.6. The third-order valence-electron chi connectivity index (χ3n) is 8.75. The highest BCUT2D eigenvalue weighted by molar-refractivity contribution is 7.87. The van der Waals surface area contributed by atoms with Gasteiger partial charge in [-0.15, -0.1) is 0 Å². The minimum atomic E-state index is -4.92. The molecule has 0 aliphatic carbocycles. The van der Waals surface area contributed by atoms with E-state index >= 15 is 0 Å². The van der Waals surface area contributed by atoms with Crippen LogP contribution in [0.2, 0.25) is 0 Å². The Kier molecular flexibility index (Phi) is 32.1. The molecule has 0 spiro atoms. The second kappa shape index (κ2) is 32.9. The Morgan fingerprint density at radius 1 is 0.500 bits per heavy atom. The van der Waals surface area contributed by atoms with Crippen LogP contribution in [0.15, 0.2) is 0 Å². The first-order chi connectivity index (χ1) is 23.2. The summed E-state index contributed by atoms with van der Waals surface area (Å²) < 4.78 is 55.6. The molecule has 1 N–H and O–H groups in total. The lowest BCUT2D eigenvalue weighted by Gasteiger charge is -2.21. The quantitative estimate of drug-likeness (QED) is 0.0293. The van der Waals surface area contributed by atoms with Crippen molar-refractivity contribution in [1.82, 2.24) is 0 Å². The molecule has 0 fully saturated rings. The van der Waals surface area contributed by atoms with E-state index in [-0.39, 0.29) is 0 Å². The summed E-state index contributed by atoms with van der Waals surface area (Å²) in [6, 6.07) is 0. The van der Waals surface area contributed by atoms with E-state index in [1.807, 2.05) is 0 Å². The molecule has 0 aromatic rings. The van der Waals surface area contributed by atoms with Gasteiger partial charge in [-0.05, 0) is 12.8 Å². The average Bonchev–Trinajstić information content (AvgIpc) is 3.06. The van der Waals surface area contributed by atoms with Crippen molar-refractivity contribution in [2.75, 3.05) is 13.2 Å². The molecule has 3 unspecified atom stereocenters. The van der Waals surface area contributed by atoms with E-state index in [9.17, 15) is 22.6 Å². The van der Waals surface area contributed by atoms with Gasteiger partial charge in [0, 0.05) is 12.8 Å². The average molecular weight is 707 g/mol. The van der Waals surface area contributed by atoms with Crippen molar-refractivity contribution >= 4 is 22.1 Å². The fraction of sp³-hybridized carbons (Fsp3) is 0.947. The van der Waals surface area contributed by atoms with E-state index in [2.05, 4.69) is 13.8 Å². The molecule has 48 heavy (non-hydrogen) atoms. The summed E-state index contributed by atoms with van der Waals surface area (Å²) in [5.41, 5.74) is 0. The number of ether oxygens (including phenoxy) is 4. The number of hydrogen-bond donors (Lipinski definition) is 1. The summed E-state index contributed by atoms with van der Waals surface area (Å²) in [6.45, 7) is 8.80. The zero-order valence-corrected chi connectivity index (χ0v) is 32.2. The highest BCUT2D eigenvalue weighted by atomic mass is 32.2. The molecule has 9 nitrogen and oxygen atoms in total. The van der Waals surface area contributed by atoms with Crippen molar-refractivity contribution in [2.24, 2.45) is 0 Å². The highest BCUT2D eigenvalue weighted by Gasteiger charge is 2.37. The lowest BCUT2D eigenvalue weighted by molar-refractivity contribution is -0.186. The first-order valence-corrected chi connectivity index (χ1v) is 21.3. The maximum atomic E-state index is 12.7. The molecule has 0 aliphatic rings. The Labute approximate surface area is 295 Å². The molecule has 3 atom stereocenters. The van der Waals surface area contributed by atoms with E-state index in [4.69, 9.17) is 18.9 Å². The van der Waals surface area contributed by atoms with Gasteiger partial charge in [0.1, 0.15) is 0 Å². The fourth-order valence-electron chi connectivity index (χ4n) is 5.65.